The lowest BCUT2D eigenvalue weighted by Crippen LogP contribution is -1.83. The highest BCUT2D eigenvalue weighted by atomic mass is 79.9. The predicted molar refractivity (Wildman–Crippen MR) is 67.1 cm³/mol. The van der Waals surface area contributed by atoms with Crippen LogP contribution in [0.5, 0.6) is 0 Å². The minimum Gasteiger partial charge on any atom is -0.468 e. The molecule has 14 heavy (non-hydrogen) atoms. The third kappa shape index (κ3) is 5.76. The molecule has 0 saturated carbocycles. The molecule has 0 amide bonds. The molecule has 1 nitrogen and oxygen atoms in total. The molecule has 0 radical (unpaired) electrons. The Morgan fingerprint density at radius 2 is 2.07 bits per heavy atom. The van der Waals surface area contributed by atoms with Crippen LogP contribution >= 0.6 is 27.7 Å². The highest BCUT2D eigenvalue weighted by Crippen LogP contribution is 2.14. The van der Waals surface area contributed by atoms with E-state index in [1.54, 1.807) is 6.26 Å². The fraction of sp³-hybridized carbons (Fsp3) is 0.636. The van der Waals surface area contributed by atoms with Crippen molar-refractivity contribution >= 4 is 27.7 Å². The molecule has 1 aromatic rings. The standard InChI is InChI=1S/C11H17BrOS/c12-7-3-1-2-4-9-14-10-11-6-5-8-13-11/h5-6,8H,1-4,7,9-10H2. The molecule has 1 heterocycles. The summed E-state index contributed by atoms with van der Waals surface area (Å²) in [6.07, 6.45) is 7.09. The Balaban J connectivity index is 1.85. The van der Waals surface area contributed by atoms with E-state index in [0.717, 1.165) is 16.8 Å². The van der Waals surface area contributed by atoms with E-state index in [0.29, 0.717) is 0 Å². The van der Waals surface area contributed by atoms with Crippen LogP contribution < -0.4 is 0 Å². The summed E-state index contributed by atoms with van der Waals surface area (Å²) in [4.78, 5) is 0. The fourth-order valence-corrected chi connectivity index (χ4v) is 2.53. The Bertz CT molecular complexity index is 211. The second-order valence-electron chi connectivity index (χ2n) is 3.24. The van der Waals surface area contributed by atoms with Crippen molar-refractivity contribution in [3.8, 4) is 0 Å². The molecular weight excluding hydrogens is 260 g/mol. The summed E-state index contributed by atoms with van der Waals surface area (Å²) < 4.78 is 5.25. The van der Waals surface area contributed by atoms with Crippen molar-refractivity contribution in [2.45, 2.75) is 31.4 Å². The van der Waals surface area contributed by atoms with Crippen LogP contribution in [-0.2, 0) is 5.75 Å². The SMILES string of the molecule is BrCCCCCCSCc1ccco1. The molecule has 0 aromatic carbocycles. The Morgan fingerprint density at radius 1 is 1.21 bits per heavy atom. The van der Waals surface area contributed by atoms with E-state index in [-0.39, 0.29) is 0 Å². The number of hydrogen-bond donors (Lipinski definition) is 0. The van der Waals surface area contributed by atoms with E-state index in [1.807, 2.05) is 23.9 Å². The number of furan rings is 1. The summed E-state index contributed by atoms with van der Waals surface area (Å²) >= 11 is 5.40. The summed E-state index contributed by atoms with van der Waals surface area (Å²) in [5, 5.41) is 1.15. The van der Waals surface area contributed by atoms with Crippen LogP contribution in [0.3, 0.4) is 0 Å². The normalized spacial score (nSPS) is 10.6. The molecule has 0 unspecified atom stereocenters. The molecule has 1 aromatic heterocycles. The first-order chi connectivity index (χ1) is 6.93. The summed E-state index contributed by atoms with van der Waals surface area (Å²) in [7, 11) is 0. The van der Waals surface area contributed by atoms with Gasteiger partial charge < -0.3 is 4.42 Å². The zero-order valence-corrected chi connectivity index (χ0v) is 10.8. The number of alkyl halides is 1. The van der Waals surface area contributed by atoms with Crippen LogP contribution in [0.15, 0.2) is 22.8 Å². The van der Waals surface area contributed by atoms with E-state index < -0.39 is 0 Å². The minimum atomic E-state index is 1.02. The van der Waals surface area contributed by atoms with Crippen LogP contribution in [-0.4, -0.2) is 11.1 Å². The maximum atomic E-state index is 5.25. The van der Waals surface area contributed by atoms with E-state index in [4.69, 9.17) is 4.42 Å². The number of halogens is 1. The molecule has 0 fully saturated rings. The van der Waals surface area contributed by atoms with E-state index >= 15 is 0 Å². The number of rotatable bonds is 8. The molecule has 0 aliphatic carbocycles. The zero-order chi connectivity index (χ0) is 10.1. The van der Waals surface area contributed by atoms with Gasteiger partial charge in [-0.3, -0.25) is 0 Å². The van der Waals surface area contributed by atoms with Crippen LogP contribution in [0.1, 0.15) is 31.4 Å². The van der Waals surface area contributed by atoms with Gasteiger partial charge in [-0.25, -0.2) is 0 Å². The monoisotopic (exact) mass is 276 g/mol. The lowest BCUT2D eigenvalue weighted by molar-refractivity contribution is 0.530. The molecule has 0 aliphatic rings. The molecule has 1 rings (SSSR count). The highest BCUT2D eigenvalue weighted by molar-refractivity contribution is 9.09. The van der Waals surface area contributed by atoms with Gasteiger partial charge in [0.25, 0.3) is 0 Å². The van der Waals surface area contributed by atoms with Gasteiger partial charge in [0, 0.05) is 5.33 Å². The van der Waals surface area contributed by atoms with E-state index in [1.165, 1.54) is 31.4 Å². The predicted octanol–water partition coefficient (Wildman–Crippen LogP) is 4.47. The van der Waals surface area contributed by atoms with Crippen molar-refractivity contribution in [3.63, 3.8) is 0 Å². The van der Waals surface area contributed by atoms with Crippen LogP contribution in [0.4, 0.5) is 0 Å². The van der Waals surface area contributed by atoms with E-state index in [9.17, 15) is 0 Å². The maximum absolute atomic E-state index is 5.25. The first-order valence-corrected chi connectivity index (χ1v) is 7.37. The molecular formula is C11H17BrOS. The summed E-state index contributed by atoms with van der Waals surface area (Å²) in [6, 6.07) is 3.99. The maximum Gasteiger partial charge on any atom is 0.113 e. The third-order valence-corrected chi connectivity index (χ3v) is 3.62. The second kappa shape index (κ2) is 8.42. The summed E-state index contributed by atoms with van der Waals surface area (Å²) in [5.74, 6) is 3.37. The number of hydrogen-bond acceptors (Lipinski definition) is 2. The van der Waals surface area contributed by atoms with Gasteiger partial charge >= 0.3 is 0 Å². The lowest BCUT2D eigenvalue weighted by atomic mass is 10.2. The molecule has 80 valence electrons. The molecule has 0 bridgehead atoms. The Hall–Kier alpha value is 0.110. The Morgan fingerprint density at radius 3 is 2.79 bits per heavy atom. The summed E-state index contributed by atoms with van der Waals surface area (Å²) in [6.45, 7) is 0. The molecule has 0 saturated heterocycles. The van der Waals surface area contributed by atoms with Gasteiger partial charge in [0.05, 0.1) is 12.0 Å². The first-order valence-electron chi connectivity index (χ1n) is 5.09. The van der Waals surface area contributed by atoms with Crippen molar-refractivity contribution in [2.24, 2.45) is 0 Å². The van der Waals surface area contributed by atoms with Gasteiger partial charge in [-0.15, -0.1) is 0 Å². The molecule has 0 aliphatic heterocycles. The molecule has 3 heteroatoms. The van der Waals surface area contributed by atoms with Crippen molar-refractivity contribution < 1.29 is 4.42 Å². The van der Waals surface area contributed by atoms with E-state index in [2.05, 4.69) is 15.9 Å². The summed E-state index contributed by atoms with van der Waals surface area (Å²) in [5.41, 5.74) is 0. The van der Waals surface area contributed by atoms with Gasteiger partial charge in [-0.1, -0.05) is 28.8 Å². The minimum absolute atomic E-state index is 1.02. The van der Waals surface area contributed by atoms with Gasteiger partial charge in [0.1, 0.15) is 5.76 Å². The third-order valence-electron chi connectivity index (χ3n) is 2.00. The van der Waals surface area contributed by atoms with Gasteiger partial charge in [-0.2, -0.15) is 11.8 Å². The molecule has 0 spiro atoms. The van der Waals surface area contributed by atoms with Crippen molar-refractivity contribution in [3.05, 3.63) is 24.2 Å². The van der Waals surface area contributed by atoms with Crippen LogP contribution in [0.25, 0.3) is 0 Å². The van der Waals surface area contributed by atoms with Crippen LogP contribution in [0.2, 0.25) is 0 Å². The Labute approximate surface area is 98.8 Å². The van der Waals surface area contributed by atoms with Gasteiger partial charge in [0.2, 0.25) is 0 Å². The van der Waals surface area contributed by atoms with Crippen molar-refractivity contribution in [1.82, 2.24) is 0 Å². The Kier molecular flexibility index (Phi) is 7.33. The average molecular weight is 277 g/mol. The smallest absolute Gasteiger partial charge is 0.113 e. The zero-order valence-electron chi connectivity index (χ0n) is 8.38. The van der Waals surface area contributed by atoms with Crippen LogP contribution in [0, 0.1) is 0 Å². The quantitative estimate of drug-likeness (QED) is 0.514. The first kappa shape index (κ1) is 12.2. The van der Waals surface area contributed by atoms with Gasteiger partial charge in [-0.05, 0) is 30.7 Å². The second-order valence-corrected chi connectivity index (χ2v) is 5.13. The topological polar surface area (TPSA) is 13.1 Å². The lowest BCUT2D eigenvalue weighted by Gasteiger charge is -1.99. The average Bonchev–Trinajstić information content (AvgIpc) is 2.69. The molecule has 0 atom stereocenters. The highest BCUT2D eigenvalue weighted by Gasteiger charge is 1.95. The van der Waals surface area contributed by atoms with Gasteiger partial charge in [0.15, 0.2) is 0 Å². The number of thioether (sulfide) groups is 1. The van der Waals surface area contributed by atoms with Crippen molar-refractivity contribution in [2.75, 3.05) is 11.1 Å². The van der Waals surface area contributed by atoms with Crippen molar-refractivity contribution in [1.29, 1.82) is 0 Å². The largest absolute Gasteiger partial charge is 0.468 e. The fourth-order valence-electron chi connectivity index (χ4n) is 1.22. The molecule has 0 N–H and O–H groups in total. The number of unbranched alkanes of at least 4 members (excludes halogenated alkanes) is 3.